The topological polar surface area (TPSA) is 66.0 Å². The lowest BCUT2D eigenvalue weighted by atomic mass is 10.1. The van der Waals surface area contributed by atoms with E-state index in [9.17, 15) is 0 Å². The highest BCUT2D eigenvalue weighted by Gasteiger charge is 2.14. The van der Waals surface area contributed by atoms with Crippen LogP contribution in [0.2, 0.25) is 5.02 Å². The summed E-state index contributed by atoms with van der Waals surface area (Å²) in [7, 11) is 0. The molecule has 4 aromatic rings. The lowest BCUT2D eigenvalue weighted by Crippen LogP contribution is -2.13. The Morgan fingerprint density at radius 2 is 2.00 bits per heavy atom. The van der Waals surface area contributed by atoms with Crippen LogP contribution in [0.15, 0.2) is 54.9 Å². The maximum Gasteiger partial charge on any atom is 0.152 e. The first kappa shape index (κ1) is 20.1. The minimum atomic E-state index is 0. The second kappa shape index (κ2) is 8.59. The van der Waals surface area contributed by atoms with Gasteiger partial charge in [0.1, 0.15) is 5.52 Å². The van der Waals surface area contributed by atoms with Crippen molar-refractivity contribution in [3.05, 3.63) is 65.4 Å². The molecule has 0 fully saturated rings. The van der Waals surface area contributed by atoms with Gasteiger partial charge in [-0.3, -0.25) is 0 Å². The number of anilines is 1. The monoisotopic (exact) mass is 396 g/mol. The predicted molar refractivity (Wildman–Crippen MR) is 116 cm³/mol. The number of rotatable bonds is 6. The largest absolute Gasteiger partial charge is 0.382 e. The molecular formula is C22H25ClN4O. The number of ether oxygens (including phenoxy) is 1. The first-order chi connectivity index (χ1) is 13.1. The van der Waals surface area contributed by atoms with Gasteiger partial charge in [0, 0.05) is 17.0 Å². The van der Waals surface area contributed by atoms with E-state index in [0.29, 0.717) is 24.9 Å². The van der Waals surface area contributed by atoms with Crippen LogP contribution in [0.3, 0.4) is 0 Å². The van der Waals surface area contributed by atoms with Crippen molar-refractivity contribution in [3.63, 3.8) is 0 Å². The molecule has 28 heavy (non-hydrogen) atoms. The number of nitrogens with two attached hydrogens (primary N) is 1. The molecule has 4 rings (SSSR count). The minimum Gasteiger partial charge on any atom is -0.382 e. The Labute approximate surface area is 170 Å². The van der Waals surface area contributed by atoms with Crippen LogP contribution in [-0.2, 0) is 17.9 Å². The van der Waals surface area contributed by atoms with Crippen LogP contribution >= 0.6 is 11.6 Å². The van der Waals surface area contributed by atoms with Crippen LogP contribution in [0.25, 0.3) is 21.9 Å². The molecular weight excluding hydrogens is 372 g/mol. The molecule has 2 aromatic heterocycles. The zero-order valence-corrected chi connectivity index (χ0v) is 15.9. The van der Waals surface area contributed by atoms with Crippen molar-refractivity contribution in [2.75, 3.05) is 12.3 Å². The number of fused-ring (bicyclic) bond motifs is 3. The lowest BCUT2D eigenvalue weighted by molar-refractivity contribution is 0.0872. The first-order valence-corrected chi connectivity index (χ1v) is 9.31. The molecule has 0 aliphatic carbocycles. The van der Waals surface area contributed by atoms with Gasteiger partial charge in [-0.15, -0.1) is 0 Å². The highest BCUT2D eigenvalue weighted by atomic mass is 35.5. The number of nitrogen functional groups attached to an aromatic ring is 1. The van der Waals surface area contributed by atoms with E-state index in [1.807, 2.05) is 48.8 Å². The number of hydrogen-bond acceptors (Lipinski definition) is 4. The van der Waals surface area contributed by atoms with E-state index >= 15 is 0 Å². The van der Waals surface area contributed by atoms with Gasteiger partial charge in [0.15, 0.2) is 5.82 Å². The van der Waals surface area contributed by atoms with Gasteiger partial charge in [0.2, 0.25) is 0 Å². The third-order valence-corrected chi connectivity index (χ3v) is 4.78. The quantitative estimate of drug-likeness (QED) is 0.479. The number of pyridine rings is 1. The Kier molecular flexibility index (Phi) is 6.17. The van der Waals surface area contributed by atoms with Crippen LogP contribution in [-0.4, -0.2) is 21.1 Å². The van der Waals surface area contributed by atoms with E-state index in [4.69, 9.17) is 22.1 Å². The molecule has 146 valence electrons. The number of hydrogen-bond donors (Lipinski definition) is 1. The average Bonchev–Trinajstić information content (AvgIpc) is 3.06. The summed E-state index contributed by atoms with van der Waals surface area (Å²) in [6.07, 6.45) is 1.84. The summed E-state index contributed by atoms with van der Waals surface area (Å²) in [5, 5.41) is 1.79. The third kappa shape index (κ3) is 4.11. The second-order valence-corrected chi connectivity index (χ2v) is 7.29. The Morgan fingerprint density at radius 1 is 1.18 bits per heavy atom. The van der Waals surface area contributed by atoms with Gasteiger partial charge in [-0.2, -0.15) is 0 Å². The minimum absolute atomic E-state index is 0. The van der Waals surface area contributed by atoms with Gasteiger partial charge in [-0.25, -0.2) is 9.97 Å². The second-order valence-electron chi connectivity index (χ2n) is 6.86. The summed E-state index contributed by atoms with van der Waals surface area (Å²) in [6.45, 7) is 4.15. The van der Waals surface area contributed by atoms with E-state index < -0.39 is 0 Å². The van der Waals surface area contributed by atoms with Crippen LogP contribution in [0, 0.1) is 5.92 Å². The molecule has 2 aromatic carbocycles. The molecule has 6 heteroatoms. The zero-order chi connectivity index (χ0) is 18.8. The van der Waals surface area contributed by atoms with Gasteiger partial charge >= 0.3 is 0 Å². The van der Waals surface area contributed by atoms with E-state index in [1.54, 1.807) is 0 Å². The molecule has 0 saturated heterocycles. The maximum absolute atomic E-state index is 6.10. The fraction of sp³-hybridized carbons (Fsp3) is 0.273. The smallest absolute Gasteiger partial charge is 0.152 e. The van der Waals surface area contributed by atoms with Crippen LogP contribution < -0.4 is 5.73 Å². The molecule has 0 spiro atoms. The summed E-state index contributed by atoms with van der Waals surface area (Å²) in [4.78, 5) is 8.93. The highest BCUT2D eigenvalue weighted by Crippen LogP contribution is 2.27. The van der Waals surface area contributed by atoms with Gasteiger partial charge in [-0.05, 0) is 29.7 Å². The molecule has 0 aliphatic heterocycles. The first-order valence-electron chi connectivity index (χ1n) is 8.93. The van der Waals surface area contributed by atoms with E-state index in [1.165, 1.54) is 0 Å². The molecule has 2 heterocycles. The molecule has 0 radical (unpaired) electrons. The normalized spacial score (nSPS) is 12.2. The fourth-order valence-electron chi connectivity index (χ4n) is 3.34. The number of aromatic nitrogens is 3. The van der Waals surface area contributed by atoms with Gasteiger partial charge in [0.05, 0.1) is 30.6 Å². The molecule has 5 nitrogen and oxygen atoms in total. The fourth-order valence-corrected chi connectivity index (χ4v) is 3.55. The van der Waals surface area contributed by atoms with E-state index in [-0.39, 0.29) is 7.43 Å². The number of imidazole rings is 1. The van der Waals surface area contributed by atoms with Crippen molar-refractivity contribution < 1.29 is 4.74 Å². The van der Waals surface area contributed by atoms with Crippen molar-refractivity contribution in [3.8, 4) is 0 Å². The summed E-state index contributed by atoms with van der Waals surface area (Å²) >= 11 is 6.02. The maximum atomic E-state index is 6.10. The third-order valence-electron chi connectivity index (χ3n) is 4.55. The summed E-state index contributed by atoms with van der Waals surface area (Å²) in [5.74, 6) is 0.780. The standard InChI is InChI=1S/C21H21ClN4O.CH4/c1-14(11-27-12-15-5-4-6-16(22)9-15)10-26-13-24-19-20(26)17-7-2-3-8-18(17)25-21(19)23;/h2-9,13-14H,10-12H2,1H3,(H2,23,25);1H4/t14-;/m1./s1. The Morgan fingerprint density at radius 3 is 2.82 bits per heavy atom. The van der Waals surface area contributed by atoms with E-state index in [0.717, 1.165) is 39.1 Å². The number of nitrogens with zero attached hydrogens (tertiary/aromatic N) is 3. The SMILES string of the molecule is C.C[C@@H](COCc1cccc(Cl)c1)Cn1cnc2c(N)nc3ccccc3c21. The molecule has 2 N–H and O–H groups in total. The summed E-state index contributed by atoms with van der Waals surface area (Å²) < 4.78 is 8.02. The van der Waals surface area contributed by atoms with Crippen molar-refractivity contribution in [1.82, 2.24) is 14.5 Å². The average molecular weight is 397 g/mol. The molecule has 0 aliphatic rings. The molecule has 0 unspecified atom stereocenters. The zero-order valence-electron chi connectivity index (χ0n) is 15.1. The molecule has 0 bridgehead atoms. The number of benzene rings is 2. The molecule has 0 amide bonds. The molecule has 0 saturated carbocycles. The highest BCUT2D eigenvalue weighted by molar-refractivity contribution is 6.30. The van der Waals surface area contributed by atoms with Gasteiger partial charge in [-0.1, -0.05) is 56.3 Å². The van der Waals surface area contributed by atoms with Crippen molar-refractivity contribution in [2.24, 2.45) is 5.92 Å². The van der Waals surface area contributed by atoms with Crippen molar-refractivity contribution in [1.29, 1.82) is 0 Å². The summed E-state index contributed by atoms with van der Waals surface area (Å²) in [5.41, 5.74) is 9.84. The van der Waals surface area contributed by atoms with Crippen molar-refractivity contribution in [2.45, 2.75) is 27.5 Å². The predicted octanol–water partition coefficient (Wildman–Crippen LogP) is 5.31. The summed E-state index contributed by atoms with van der Waals surface area (Å²) in [6, 6.07) is 15.7. The Balaban J connectivity index is 0.00000225. The van der Waals surface area contributed by atoms with Gasteiger partial charge < -0.3 is 15.0 Å². The van der Waals surface area contributed by atoms with Crippen LogP contribution in [0.1, 0.15) is 19.9 Å². The Bertz CT molecular complexity index is 1090. The van der Waals surface area contributed by atoms with Gasteiger partial charge in [0.25, 0.3) is 0 Å². The number of halogens is 1. The lowest BCUT2D eigenvalue weighted by Gasteiger charge is -2.14. The van der Waals surface area contributed by atoms with Crippen molar-refractivity contribution >= 4 is 39.4 Å². The molecule has 1 atom stereocenters. The van der Waals surface area contributed by atoms with Crippen LogP contribution in [0.4, 0.5) is 5.82 Å². The van der Waals surface area contributed by atoms with Crippen LogP contribution in [0.5, 0.6) is 0 Å². The van der Waals surface area contributed by atoms with E-state index in [2.05, 4.69) is 27.5 Å². The Hall–Kier alpha value is -2.63. The number of para-hydroxylation sites is 1.